The van der Waals surface area contributed by atoms with Crippen LogP contribution in [0.3, 0.4) is 0 Å². The summed E-state index contributed by atoms with van der Waals surface area (Å²) in [6.07, 6.45) is 0.955. The maximum absolute atomic E-state index is 13.0. The molecule has 0 bridgehead atoms. The van der Waals surface area contributed by atoms with Gasteiger partial charge in [0.15, 0.2) is 0 Å². The van der Waals surface area contributed by atoms with Crippen molar-refractivity contribution in [3.8, 4) is 0 Å². The summed E-state index contributed by atoms with van der Waals surface area (Å²) in [6.45, 7) is 1.99. The smallest absolute Gasteiger partial charge is 0.329 e. The number of benzene rings is 1. The van der Waals surface area contributed by atoms with Crippen LogP contribution >= 0.6 is 0 Å². The van der Waals surface area contributed by atoms with Crippen molar-refractivity contribution in [3.63, 3.8) is 0 Å². The van der Waals surface area contributed by atoms with Crippen LogP contribution in [0.4, 0.5) is 4.39 Å². The number of halogens is 1. The average molecular weight is 297 g/mol. The lowest BCUT2D eigenvalue weighted by atomic mass is 9.98. The van der Waals surface area contributed by atoms with Gasteiger partial charge in [0.05, 0.1) is 6.61 Å². The first-order valence-electron chi connectivity index (χ1n) is 6.78. The monoisotopic (exact) mass is 297 g/mol. The zero-order valence-corrected chi connectivity index (χ0v) is 12.0. The van der Waals surface area contributed by atoms with Crippen molar-refractivity contribution in [1.82, 2.24) is 5.32 Å². The van der Waals surface area contributed by atoms with Gasteiger partial charge in [-0.3, -0.25) is 4.79 Å². The Morgan fingerprint density at radius 2 is 2.19 bits per heavy atom. The molecule has 1 rings (SSSR count). The Bertz CT molecular complexity index is 478. The third kappa shape index (κ3) is 8.04. The Hall–Kier alpha value is -1.95. The molecule has 21 heavy (non-hydrogen) atoms. The lowest BCUT2D eigenvalue weighted by Gasteiger charge is -2.12. The van der Waals surface area contributed by atoms with Crippen molar-refractivity contribution in [2.24, 2.45) is 5.92 Å². The molecule has 0 saturated carbocycles. The SMILES string of the molecule is CC(CC(=O)NCCOCC(=O)O)Cc1cccc(F)c1. The molecule has 5 nitrogen and oxygen atoms in total. The van der Waals surface area contributed by atoms with Crippen LogP contribution in [-0.2, 0) is 20.7 Å². The second-order valence-electron chi connectivity index (χ2n) is 4.94. The van der Waals surface area contributed by atoms with Crippen LogP contribution < -0.4 is 5.32 Å². The molecule has 0 heterocycles. The van der Waals surface area contributed by atoms with Gasteiger partial charge in [0, 0.05) is 13.0 Å². The van der Waals surface area contributed by atoms with Crippen LogP contribution in [0.5, 0.6) is 0 Å². The van der Waals surface area contributed by atoms with Crippen LogP contribution in [0.15, 0.2) is 24.3 Å². The number of carbonyl (C=O) groups is 2. The molecule has 0 spiro atoms. The standard InChI is InChI=1S/C15H20FNO4/c1-11(7-12-3-2-4-13(16)9-12)8-14(18)17-5-6-21-10-15(19)20/h2-4,9,11H,5-8,10H2,1H3,(H,17,18)(H,19,20). The normalized spacial score (nSPS) is 11.9. The molecular weight excluding hydrogens is 277 g/mol. The zero-order valence-electron chi connectivity index (χ0n) is 12.0. The number of carbonyl (C=O) groups excluding carboxylic acids is 1. The van der Waals surface area contributed by atoms with E-state index in [9.17, 15) is 14.0 Å². The van der Waals surface area contributed by atoms with E-state index in [0.717, 1.165) is 5.56 Å². The highest BCUT2D eigenvalue weighted by atomic mass is 19.1. The molecule has 6 heteroatoms. The Morgan fingerprint density at radius 1 is 1.43 bits per heavy atom. The zero-order chi connectivity index (χ0) is 15.7. The Morgan fingerprint density at radius 3 is 2.86 bits per heavy atom. The first kappa shape index (κ1) is 17.1. The van der Waals surface area contributed by atoms with Crippen molar-refractivity contribution >= 4 is 11.9 Å². The van der Waals surface area contributed by atoms with Gasteiger partial charge in [-0.1, -0.05) is 19.1 Å². The fourth-order valence-corrected chi connectivity index (χ4v) is 1.95. The number of hydrogen-bond acceptors (Lipinski definition) is 3. The third-order valence-electron chi connectivity index (χ3n) is 2.80. The number of ether oxygens (including phenoxy) is 1. The van der Waals surface area contributed by atoms with Crippen molar-refractivity contribution in [3.05, 3.63) is 35.6 Å². The van der Waals surface area contributed by atoms with Crippen LogP contribution in [0.1, 0.15) is 18.9 Å². The fourth-order valence-electron chi connectivity index (χ4n) is 1.95. The van der Waals surface area contributed by atoms with Crippen LogP contribution in [0.2, 0.25) is 0 Å². The summed E-state index contributed by atoms with van der Waals surface area (Å²) in [4.78, 5) is 21.9. The van der Waals surface area contributed by atoms with Gasteiger partial charge in [-0.05, 0) is 30.0 Å². The number of carboxylic acid groups (broad SMARTS) is 1. The van der Waals surface area contributed by atoms with E-state index < -0.39 is 5.97 Å². The molecule has 0 aliphatic carbocycles. The van der Waals surface area contributed by atoms with Gasteiger partial charge in [0.1, 0.15) is 12.4 Å². The summed E-state index contributed by atoms with van der Waals surface area (Å²) in [5.41, 5.74) is 0.861. The van der Waals surface area contributed by atoms with E-state index in [4.69, 9.17) is 9.84 Å². The van der Waals surface area contributed by atoms with Crippen LogP contribution in [0.25, 0.3) is 0 Å². The molecule has 0 radical (unpaired) electrons. The highest BCUT2D eigenvalue weighted by Crippen LogP contribution is 2.12. The van der Waals surface area contributed by atoms with Crippen molar-refractivity contribution < 1.29 is 23.8 Å². The molecule has 116 valence electrons. The summed E-state index contributed by atoms with van der Waals surface area (Å²) in [5.74, 6) is -1.35. The second-order valence-corrected chi connectivity index (χ2v) is 4.94. The number of aliphatic carboxylic acids is 1. The van der Waals surface area contributed by atoms with E-state index in [-0.39, 0.29) is 37.4 Å². The second kappa shape index (κ2) is 9.07. The van der Waals surface area contributed by atoms with E-state index in [1.165, 1.54) is 12.1 Å². The summed E-state index contributed by atoms with van der Waals surface area (Å²) in [7, 11) is 0. The molecular formula is C15H20FNO4. The molecule has 0 aliphatic heterocycles. The molecule has 1 unspecified atom stereocenters. The molecule has 2 N–H and O–H groups in total. The quantitative estimate of drug-likeness (QED) is 0.679. The van der Waals surface area contributed by atoms with E-state index in [2.05, 4.69) is 5.32 Å². The number of nitrogens with one attached hydrogen (secondary N) is 1. The molecule has 1 atom stereocenters. The number of rotatable bonds is 9. The van der Waals surface area contributed by atoms with Gasteiger partial charge in [-0.15, -0.1) is 0 Å². The number of amides is 1. The minimum atomic E-state index is -1.04. The molecule has 0 saturated heterocycles. The molecule has 1 aromatic rings. The van der Waals surface area contributed by atoms with Crippen LogP contribution in [-0.4, -0.2) is 36.7 Å². The maximum atomic E-state index is 13.0. The summed E-state index contributed by atoms with van der Waals surface area (Å²) in [6, 6.07) is 6.33. The fraction of sp³-hybridized carbons (Fsp3) is 0.467. The Labute approximate surface area is 123 Å². The van der Waals surface area contributed by atoms with Crippen molar-refractivity contribution in [2.45, 2.75) is 19.8 Å². The highest BCUT2D eigenvalue weighted by Gasteiger charge is 2.10. The largest absolute Gasteiger partial charge is 0.480 e. The Balaban J connectivity index is 2.20. The minimum Gasteiger partial charge on any atom is -0.480 e. The molecule has 1 amide bonds. The van der Waals surface area contributed by atoms with Crippen molar-refractivity contribution in [2.75, 3.05) is 19.8 Å². The Kier molecular flexibility index (Phi) is 7.39. The number of carboxylic acids is 1. The van der Waals surface area contributed by atoms with Gasteiger partial charge < -0.3 is 15.2 Å². The molecule has 0 aliphatic rings. The molecule has 0 aromatic heterocycles. The van der Waals surface area contributed by atoms with Gasteiger partial charge >= 0.3 is 5.97 Å². The molecule has 0 fully saturated rings. The minimum absolute atomic E-state index is 0.0896. The summed E-state index contributed by atoms with van der Waals surface area (Å²) >= 11 is 0. The van der Waals surface area contributed by atoms with Gasteiger partial charge in [-0.25, -0.2) is 9.18 Å². The van der Waals surface area contributed by atoms with E-state index in [1.807, 2.05) is 13.0 Å². The van der Waals surface area contributed by atoms with E-state index in [1.54, 1.807) is 6.07 Å². The maximum Gasteiger partial charge on any atom is 0.329 e. The lowest BCUT2D eigenvalue weighted by molar-refractivity contribution is -0.142. The summed E-state index contributed by atoms with van der Waals surface area (Å²) in [5, 5.41) is 11.0. The first-order valence-corrected chi connectivity index (χ1v) is 6.78. The lowest BCUT2D eigenvalue weighted by Crippen LogP contribution is -2.29. The topological polar surface area (TPSA) is 75.6 Å². The van der Waals surface area contributed by atoms with Crippen molar-refractivity contribution in [1.29, 1.82) is 0 Å². The first-order chi connectivity index (χ1) is 9.97. The van der Waals surface area contributed by atoms with Gasteiger partial charge in [-0.2, -0.15) is 0 Å². The van der Waals surface area contributed by atoms with E-state index in [0.29, 0.717) is 12.8 Å². The number of hydrogen-bond donors (Lipinski definition) is 2. The third-order valence-corrected chi connectivity index (χ3v) is 2.80. The predicted octanol–water partition coefficient (Wildman–Crippen LogP) is 1.61. The van der Waals surface area contributed by atoms with E-state index >= 15 is 0 Å². The highest BCUT2D eigenvalue weighted by molar-refractivity contribution is 5.76. The van der Waals surface area contributed by atoms with Gasteiger partial charge in [0.2, 0.25) is 5.91 Å². The summed E-state index contributed by atoms with van der Waals surface area (Å²) < 4.78 is 17.8. The predicted molar refractivity (Wildman–Crippen MR) is 75.3 cm³/mol. The van der Waals surface area contributed by atoms with Gasteiger partial charge in [0.25, 0.3) is 0 Å². The molecule has 1 aromatic carbocycles. The average Bonchev–Trinajstić information content (AvgIpc) is 2.37. The van der Waals surface area contributed by atoms with Crippen LogP contribution in [0, 0.1) is 11.7 Å².